The van der Waals surface area contributed by atoms with Gasteiger partial charge in [-0.25, -0.2) is 0 Å². The van der Waals surface area contributed by atoms with E-state index in [-0.39, 0.29) is 11.3 Å². The molecular formula is C20H24ClNOS. The van der Waals surface area contributed by atoms with Crippen LogP contribution in [0.15, 0.2) is 53.4 Å². The van der Waals surface area contributed by atoms with Gasteiger partial charge in [0.1, 0.15) is 0 Å². The van der Waals surface area contributed by atoms with Crippen LogP contribution in [0.1, 0.15) is 39.2 Å². The summed E-state index contributed by atoms with van der Waals surface area (Å²) >= 11 is 7.61. The smallest absolute Gasteiger partial charge is 0.224 e. The Morgan fingerprint density at radius 1 is 1.04 bits per heavy atom. The Labute approximate surface area is 154 Å². The number of rotatable bonds is 6. The third-order valence-corrected chi connectivity index (χ3v) is 5.02. The molecule has 0 aliphatic carbocycles. The molecule has 0 fully saturated rings. The Morgan fingerprint density at radius 3 is 2.25 bits per heavy atom. The summed E-state index contributed by atoms with van der Waals surface area (Å²) in [7, 11) is 0. The van der Waals surface area contributed by atoms with E-state index in [2.05, 4.69) is 38.2 Å². The van der Waals surface area contributed by atoms with Gasteiger partial charge in [0, 0.05) is 22.0 Å². The van der Waals surface area contributed by atoms with Gasteiger partial charge in [-0.15, -0.1) is 11.8 Å². The van der Waals surface area contributed by atoms with Crippen molar-refractivity contribution in [3.05, 3.63) is 59.1 Å². The SMILES string of the molecule is CC(C)(C)c1ccc(NC(=O)CCCSc2ccc(Cl)cc2)cc1. The molecule has 0 saturated heterocycles. The molecule has 2 rings (SSSR count). The van der Waals surface area contributed by atoms with Crippen molar-refractivity contribution in [1.29, 1.82) is 0 Å². The average molecular weight is 362 g/mol. The molecule has 0 spiro atoms. The highest BCUT2D eigenvalue weighted by Gasteiger charge is 2.13. The summed E-state index contributed by atoms with van der Waals surface area (Å²) in [5, 5.41) is 3.71. The fraction of sp³-hybridized carbons (Fsp3) is 0.350. The van der Waals surface area contributed by atoms with Gasteiger partial charge in [0.2, 0.25) is 5.91 Å². The van der Waals surface area contributed by atoms with E-state index in [1.54, 1.807) is 11.8 Å². The Morgan fingerprint density at radius 2 is 1.67 bits per heavy atom. The number of benzene rings is 2. The van der Waals surface area contributed by atoms with Crippen LogP contribution in [0.4, 0.5) is 5.69 Å². The van der Waals surface area contributed by atoms with E-state index < -0.39 is 0 Å². The Hall–Kier alpha value is -1.45. The van der Waals surface area contributed by atoms with E-state index in [1.165, 1.54) is 10.5 Å². The van der Waals surface area contributed by atoms with Crippen molar-refractivity contribution in [2.24, 2.45) is 0 Å². The fourth-order valence-electron chi connectivity index (χ4n) is 2.23. The molecule has 128 valence electrons. The highest BCUT2D eigenvalue weighted by atomic mass is 35.5. The minimum atomic E-state index is 0.0650. The second-order valence-electron chi connectivity index (χ2n) is 6.78. The number of carbonyl (C=O) groups excluding carboxylic acids is 1. The Kier molecular flexibility index (Phi) is 6.76. The van der Waals surface area contributed by atoms with Crippen LogP contribution in [0, 0.1) is 0 Å². The van der Waals surface area contributed by atoms with E-state index in [0.717, 1.165) is 22.9 Å². The number of halogens is 1. The fourth-order valence-corrected chi connectivity index (χ4v) is 3.21. The maximum Gasteiger partial charge on any atom is 0.224 e. The topological polar surface area (TPSA) is 29.1 Å². The Bertz CT molecular complexity index is 660. The molecule has 4 heteroatoms. The lowest BCUT2D eigenvalue weighted by atomic mass is 9.87. The van der Waals surface area contributed by atoms with Gasteiger partial charge in [-0.3, -0.25) is 4.79 Å². The third kappa shape index (κ3) is 6.21. The van der Waals surface area contributed by atoms with Crippen molar-refractivity contribution in [3.8, 4) is 0 Å². The summed E-state index contributed by atoms with van der Waals surface area (Å²) in [6, 6.07) is 15.9. The molecule has 0 aromatic heterocycles. The predicted molar refractivity (Wildman–Crippen MR) is 105 cm³/mol. The van der Waals surface area contributed by atoms with Crippen molar-refractivity contribution in [2.45, 2.75) is 43.9 Å². The van der Waals surface area contributed by atoms with Crippen LogP contribution < -0.4 is 5.32 Å². The van der Waals surface area contributed by atoms with Crippen LogP contribution in [0.5, 0.6) is 0 Å². The van der Waals surface area contributed by atoms with E-state index in [4.69, 9.17) is 11.6 Å². The van der Waals surface area contributed by atoms with E-state index in [9.17, 15) is 4.79 Å². The molecule has 0 aliphatic heterocycles. The van der Waals surface area contributed by atoms with Gasteiger partial charge in [-0.05, 0) is 59.6 Å². The predicted octanol–water partition coefficient (Wildman–Crippen LogP) is 6.15. The van der Waals surface area contributed by atoms with Crippen LogP contribution in [0.25, 0.3) is 0 Å². The minimum Gasteiger partial charge on any atom is -0.326 e. The van der Waals surface area contributed by atoms with Gasteiger partial charge in [0.15, 0.2) is 0 Å². The molecule has 0 aliphatic rings. The second-order valence-corrected chi connectivity index (χ2v) is 8.39. The van der Waals surface area contributed by atoms with Crippen LogP contribution in [0.2, 0.25) is 5.02 Å². The molecule has 0 saturated carbocycles. The summed E-state index contributed by atoms with van der Waals surface area (Å²) < 4.78 is 0. The molecule has 2 aromatic carbocycles. The van der Waals surface area contributed by atoms with Crippen molar-refractivity contribution in [2.75, 3.05) is 11.1 Å². The molecule has 0 radical (unpaired) electrons. The molecule has 0 bridgehead atoms. The first-order valence-electron chi connectivity index (χ1n) is 8.13. The van der Waals surface area contributed by atoms with Crippen molar-refractivity contribution in [3.63, 3.8) is 0 Å². The van der Waals surface area contributed by atoms with Crippen molar-refractivity contribution in [1.82, 2.24) is 0 Å². The van der Waals surface area contributed by atoms with Gasteiger partial charge in [0.05, 0.1) is 0 Å². The number of thioether (sulfide) groups is 1. The van der Waals surface area contributed by atoms with Gasteiger partial charge in [-0.1, -0.05) is 44.5 Å². The summed E-state index contributed by atoms with van der Waals surface area (Å²) in [5.74, 6) is 0.980. The van der Waals surface area contributed by atoms with E-state index in [0.29, 0.717) is 6.42 Å². The maximum absolute atomic E-state index is 12.0. The second kappa shape index (κ2) is 8.59. The van der Waals surface area contributed by atoms with Crippen LogP contribution in [-0.4, -0.2) is 11.7 Å². The average Bonchev–Trinajstić information content (AvgIpc) is 2.53. The third-order valence-electron chi connectivity index (χ3n) is 3.67. The zero-order valence-electron chi connectivity index (χ0n) is 14.4. The number of hydrogen-bond acceptors (Lipinski definition) is 2. The molecule has 24 heavy (non-hydrogen) atoms. The number of anilines is 1. The van der Waals surface area contributed by atoms with Crippen molar-refractivity contribution >= 4 is 35.0 Å². The molecule has 0 atom stereocenters. The van der Waals surface area contributed by atoms with Gasteiger partial charge >= 0.3 is 0 Å². The van der Waals surface area contributed by atoms with Gasteiger partial charge in [0.25, 0.3) is 0 Å². The molecular weight excluding hydrogens is 338 g/mol. The largest absolute Gasteiger partial charge is 0.326 e. The summed E-state index contributed by atoms with van der Waals surface area (Å²) in [4.78, 5) is 13.2. The first-order valence-corrected chi connectivity index (χ1v) is 9.50. The summed E-state index contributed by atoms with van der Waals surface area (Å²) in [5.41, 5.74) is 2.25. The number of carbonyl (C=O) groups is 1. The first-order chi connectivity index (χ1) is 11.3. The molecule has 2 nitrogen and oxygen atoms in total. The van der Waals surface area contributed by atoms with Crippen LogP contribution in [-0.2, 0) is 10.2 Å². The standard InChI is InChI=1S/C20H24ClNOS/c1-20(2,3)15-6-10-17(11-7-15)22-19(23)5-4-14-24-18-12-8-16(21)9-13-18/h6-13H,4-5,14H2,1-3H3,(H,22,23). The number of amides is 1. The molecule has 1 N–H and O–H groups in total. The molecule has 2 aromatic rings. The molecule has 0 unspecified atom stereocenters. The zero-order chi connectivity index (χ0) is 17.6. The summed E-state index contributed by atoms with van der Waals surface area (Å²) in [6.45, 7) is 6.54. The Balaban J connectivity index is 1.72. The van der Waals surface area contributed by atoms with Gasteiger partial charge in [-0.2, -0.15) is 0 Å². The lowest BCUT2D eigenvalue weighted by molar-refractivity contribution is -0.116. The molecule has 0 heterocycles. The minimum absolute atomic E-state index is 0.0650. The quantitative estimate of drug-likeness (QED) is 0.494. The number of nitrogens with one attached hydrogen (secondary N) is 1. The highest BCUT2D eigenvalue weighted by molar-refractivity contribution is 7.99. The van der Waals surface area contributed by atoms with E-state index in [1.807, 2.05) is 36.4 Å². The van der Waals surface area contributed by atoms with Crippen LogP contribution >= 0.6 is 23.4 Å². The highest BCUT2D eigenvalue weighted by Crippen LogP contribution is 2.24. The van der Waals surface area contributed by atoms with Gasteiger partial charge < -0.3 is 5.32 Å². The number of hydrogen-bond donors (Lipinski definition) is 1. The zero-order valence-corrected chi connectivity index (χ0v) is 16.0. The van der Waals surface area contributed by atoms with Crippen LogP contribution in [0.3, 0.4) is 0 Å². The maximum atomic E-state index is 12.0. The monoisotopic (exact) mass is 361 g/mol. The lowest BCUT2D eigenvalue weighted by Gasteiger charge is -2.19. The summed E-state index contributed by atoms with van der Waals surface area (Å²) in [6.07, 6.45) is 1.38. The first kappa shape index (κ1) is 18.9. The van der Waals surface area contributed by atoms with Crippen molar-refractivity contribution < 1.29 is 4.79 Å². The normalized spacial score (nSPS) is 11.3. The molecule has 1 amide bonds. The lowest BCUT2D eigenvalue weighted by Crippen LogP contribution is -2.13. The van der Waals surface area contributed by atoms with E-state index >= 15 is 0 Å².